The topological polar surface area (TPSA) is 36.4 Å². The summed E-state index contributed by atoms with van der Waals surface area (Å²) in [5.41, 5.74) is 2.86. The van der Waals surface area contributed by atoms with Crippen molar-refractivity contribution in [1.29, 1.82) is 0 Å². The summed E-state index contributed by atoms with van der Waals surface area (Å²) in [5.74, 6) is 0.884. The average molecular weight is 277 g/mol. The van der Waals surface area contributed by atoms with Crippen LogP contribution in [0.4, 0.5) is 5.82 Å². The van der Waals surface area contributed by atoms with E-state index in [1.807, 2.05) is 50.4 Å². The van der Waals surface area contributed by atoms with Crippen LogP contribution < -0.4 is 4.90 Å². The smallest absolute Gasteiger partial charge is 0.128 e. The highest BCUT2D eigenvalue weighted by molar-refractivity contribution is 6.30. The van der Waals surface area contributed by atoms with E-state index in [0.717, 1.165) is 34.2 Å². The number of hydrogen-bond acceptors (Lipinski definition) is 3. The number of benzene rings is 1. The van der Waals surface area contributed by atoms with Crippen molar-refractivity contribution in [3.63, 3.8) is 0 Å². The first-order chi connectivity index (χ1) is 9.10. The molecule has 1 N–H and O–H groups in total. The van der Waals surface area contributed by atoms with Gasteiger partial charge < -0.3 is 10.0 Å². The van der Waals surface area contributed by atoms with Crippen molar-refractivity contribution < 1.29 is 5.11 Å². The zero-order valence-corrected chi connectivity index (χ0v) is 11.9. The van der Waals surface area contributed by atoms with E-state index in [0.29, 0.717) is 0 Å². The van der Waals surface area contributed by atoms with Gasteiger partial charge in [0.05, 0.1) is 6.61 Å². The number of pyridine rings is 1. The van der Waals surface area contributed by atoms with Gasteiger partial charge in [0.2, 0.25) is 0 Å². The second-order valence-electron chi connectivity index (χ2n) is 4.56. The molecule has 0 aliphatic rings. The third-order valence-corrected chi connectivity index (χ3v) is 3.29. The molecule has 0 aliphatic heterocycles. The number of aliphatic hydroxyl groups excluding tert-OH is 1. The molecule has 0 aliphatic carbocycles. The van der Waals surface area contributed by atoms with Crippen molar-refractivity contribution in [2.45, 2.75) is 20.1 Å². The lowest BCUT2D eigenvalue weighted by molar-refractivity contribution is 0.280. The first-order valence-electron chi connectivity index (χ1n) is 6.13. The van der Waals surface area contributed by atoms with Crippen molar-refractivity contribution in [2.75, 3.05) is 11.9 Å². The van der Waals surface area contributed by atoms with Gasteiger partial charge in [0.25, 0.3) is 0 Å². The van der Waals surface area contributed by atoms with E-state index in [9.17, 15) is 0 Å². The molecule has 0 radical (unpaired) electrons. The summed E-state index contributed by atoms with van der Waals surface area (Å²) in [5, 5.41) is 9.89. The Bertz CT molecular complexity index is 572. The Morgan fingerprint density at radius 1 is 1.26 bits per heavy atom. The molecule has 1 aromatic heterocycles. The van der Waals surface area contributed by atoms with Gasteiger partial charge in [0.1, 0.15) is 5.82 Å². The quantitative estimate of drug-likeness (QED) is 0.932. The first-order valence-corrected chi connectivity index (χ1v) is 6.51. The largest absolute Gasteiger partial charge is 0.392 e. The summed E-state index contributed by atoms with van der Waals surface area (Å²) in [6.45, 7) is 2.67. The monoisotopic (exact) mass is 276 g/mol. The van der Waals surface area contributed by atoms with Crippen LogP contribution >= 0.6 is 11.6 Å². The summed E-state index contributed by atoms with van der Waals surface area (Å²) < 4.78 is 0. The molecule has 100 valence electrons. The second kappa shape index (κ2) is 6.04. The minimum Gasteiger partial charge on any atom is -0.392 e. The molecule has 1 aromatic carbocycles. The zero-order chi connectivity index (χ0) is 13.8. The molecule has 0 unspecified atom stereocenters. The maximum Gasteiger partial charge on any atom is 0.128 e. The Kier molecular flexibility index (Phi) is 4.40. The van der Waals surface area contributed by atoms with Gasteiger partial charge in [-0.15, -0.1) is 0 Å². The number of hydrogen-bond donors (Lipinski definition) is 1. The Labute approximate surface area is 118 Å². The Hall–Kier alpha value is -1.58. The lowest BCUT2D eigenvalue weighted by atomic mass is 10.2. The average Bonchev–Trinajstić information content (AvgIpc) is 2.38. The second-order valence-corrected chi connectivity index (χ2v) is 4.99. The summed E-state index contributed by atoms with van der Waals surface area (Å²) >= 11 is 5.98. The van der Waals surface area contributed by atoms with E-state index in [2.05, 4.69) is 9.88 Å². The van der Waals surface area contributed by atoms with Crippen LogP contribution in [-0.2, 0) is 13.2 Å². The molecule has 4 heteroatoms. The van der Waals surface area contributed by atoms with Crippen molar-refractivity contribution in [1.82, 2.24) is 4.98 Å². The van der Waals surface area contributed by atoms with E-state index in [-0.39, 0.29) is 6.61 Å². The van der Waals surface area contributed by atoms with Gasteiger partial charge in [0.15, 0.2) is 0 Å². The lowest BCUT2D eigenvalue weighted by Gasteiger charge is -2.19. The summed E-state index contributed by atoms with van der Waals surface area (Å²) in [4.78, 5) is 6.55. The predicted octanol–water partition coefficient (Wildman–Crippen LogP) is 3.17. The van der Waals surface area contributed by atoms with Crippen LogP contribution in [0.3, 0.4) is 0 Å². The van der Waals surface area contributed by atoms with Crippen molar-refractivity contribution >= 4 is 17.4 Å². The molecule has 19 heavy (non-hydrogen) atoms. The molecule has 2 aromatic rings. The van der Waals surface area contributed by atoms with Gasteiger partial charge in [-0.2, -0.15) is 0 Å². The fraction of sp³-hybridized carbons (Fsp3) is 0.267. The van der Waals surface area contributed by atoms with Gasteiger partial charge in [-0.05, 0) is 36.2 Å². The van der Waals surface area contributed by atoms with Gasteiger partial charge in [-0.3, -0.25) is 0 Å². The molecule has 1 heterocycles. The Balaban J connectivity index is 2.15. The van der Waals surface area contributed by atoms with Crippen molar-refractivity contribution in [2.24, 2.45) is 0 Å². The number of aromatic nitrogens is 1. The first kappa shape index (κ1) is 13.8. The maximum atomic E-state index is 9.15. The summed E-state index contributed by atoms with van der Waals surface area (Å²) in [6.07, 6.45) is 0. The van der Waals surface area contributed by atoms with E-state index in [1.165, 1.54) is 0 Å². The fourth-order valence-electron chi connectivity index (χ4n) is 1.95. The predicted molar refractivity (Wildman–Crippen MR) is 78.5 cm³/mol. The number of aliphatic hydroxyl groups is 1. The van der Waals surface area contributed by atoms with Crippen LogP contribution in [-0.4, -0.2) is 17.1 Å². The zero-order valence-electron chi connectivity index (χ0n) is 11.1. The Morgan fingerprint density at radius 2 is 2.05 bits per heavy atom. The van der Waals surface area contributed by atoms with Crippen LogP contribution in [0.25, 0.3) is 0 Å². The maximum absolute atomic E-state index is 9.15. The van der Waals surface area contributed by atoms with Crippen LogP contribution in [0.1, 0.15) is 16.8 Å². The van der Waals surface area contributed by atoms with Crippen LogP contribution in [0.2, 0.25) is 5.02 Å². The normalized spacial score (nSPS) is 10.5. The number of anilines is 1. The summed E-state index contributed by atoms with van der Waals surface area (Å²) in [6, 6.07) is 11.6. The number of halogens is 1. The van der Waals surface area contributed by atoms with E-state index in [4.69, 9.17) is 16.7 Å². The SMILES string of the molecule is Cc1nc(N(C)Cc2cccc(Cl)c2)ccc1CO. The van der Waals surface area contributed by atoms with Gasteiger partial charge in [-0.25, -0.2) is 4.98 Å². The van der Waals surface area contributed by atoms with Crippen molar-refractivity contribution in [3.8, 4) is 0 Å². The molecule has 0 spiro atoms. The molecular formula is C15H17ClN2O. The van der Waals surface area contributed by atoms with Crippen LogP contribution in [0.5, 0.6) is 0 Å². The third-order valence-electron chi connectivity index (χ3n) is 3.05. The molecule has 0 bridgehead atoms. The summed E-state index contributed by atoms with van der Waals surface area (Å²) in [7, 11) is 1.99. The minimum atomic E-state index is 0.0249. The van der Waals surface area contributed by atoms with Crippen LogP contribution in [0.15, 0.2) is 36.4 Å². The van der Waals surface area contributed by atoms with Gasteiger partial charge >= 0.3 is 0 Å². The van der Waals surface area contributed by atoms with Gasteiger partial charge in [0, 0.05) is 24.3 Å². The molecule has 3 nitrogen and oxygen atoms in total. The van der Waals surface area contributed by atoms with E-state index in [1.54, 1.807) is 0 Å². The fourth-order valence-corrected chi connectivity index (χ4v) is 2.16. The highest BCUT2D eigenvalue weighted by Crippen LogP contribution is 2.17. The van der Waals surface area contributed by atoms with E-state index >= 15 is 0 Å². The van der Waals surface area contributed by atoms with Gasteiger partial charge in [-0.1, -0.05) is 29.8 Å². The number of nitrogens with zero attached hydrogens (tertiary/aromatic N) is 2. The van der Waals surface area contributed by atoms with E-state index < -0.39 is 0 Å². The highest BCUT2D eigenvalue weighted by Gasteiger charge is 2.06. The lowest BCUT2D eigenvalue weighted by Crippen LogP contribution is -2.18. The third kappa shape index (κ3) is 3.46. The molecule has 0 amide bonds. The highest BCUT2D eigenvalue weighted by atomic mass is 35.5. The minimum absolute atomic E-state index is 0.0249. The number of aryl methyl sites for hydroxylation is 1. The molecule has 2 rings (SSSR count). The molecule has 0 saturated heterocycles. The Morgan fingerprint density at radius 3 is 2.68 bits per heavy atom. The molecule has 0 atom stereocenters. The number of rotatable bonds is 4. The molecule has 0 fully saturated rings. The molecule has 0 saturated carbocycles. The standard InChI is InChI=1S/C15H17ClN2O/c1-11-13(10-19)6-7-15(17-11)18(2)9-12-4-3-5-14(16)8-12/h3-8,19H,9-10H2,1-2H3. The van der Waals surface area contributed by atoms with Crippen molar-refractivity contribution in [3.05, 3.63) is 58.2 Å². The van der Waals surface area contributed by atoms with Crippen LogP contribution in [0, 0.1) is 6.92 Å². The molecular weight excluding hydrogens is 260 g/mol.